The molecule has 230 valence electrons. The minimum absolute atomic E-state index is 0.0744. The lowest BCUT2D eigenvalue weighted by molar-refractivity contribution is -0.150. The monoisotopic (exact) mass is 648 g/mol. The first-order valence-corrected chi connectivity index (χ1v) is 16.3. The van der Waals surface area contributed by atoms with Crippen molar-refractivity contribution in [1.82, 2.24) is 30.5 Å². The summed E-state index contributed by atoms with van der Waals surface area (Å²) in [6, 6.07) is -0.950. The standard InChI is InChI=1S/C25H32N10O5S3/c26-5-1-2-9-40-32-18(15-13-43-25(28)29-15)21(36)30-19-22(37)35-20(24(38)39)14(12-42-23(19)35)11-33-7-8-34-17(33)4-3-16(31-34)41-10-6-27/h3-4,7-8,13,19,23,31H,1-2,5-6,9-12,26-27H2,(H2,28,29)(H,30,36)(H,38,39)/b32-18-/t19-,23+/m1/s1. The number of hydrazine groups is 1. The number of nitrogens with two attached hydrogens (primary N) is 3. The molecule has 0 aliphatic carbocycles. The molecule has 1 fully saturated rings. The minimum Gasteiger partial charge on any atom is -0.477 e. The fraction of sp³-hybridized carbons (Fsp3) is 0.400. The first-order chi connectivity index (χ1) is 20.8. The van der Waals surface area contributed by atoms with Crippen LogP contribution in [-0.2, 0) is 19.2 Å². The second-order valence-corrected chi connectivity index (χ2v) is 12.7. The van der Waals surface area contributed by atoms with Gasteiger partial charge in [-0.15, -0.1) is 34.9 Å². The predicted molar refractivity (Wildman–Crippen MR) is 165 cm³/mol. The molecular weight excluding hydrogens is 617 g/mol. The van der Waals surface area contributed by atoms with Crippen LogP contribution >= 0.6 is 34.9 Å². The Bertz CT molecular complexity index is 1420. The molecule has 5 heterocycles. The number of aromatic nitrogens is 1. The van der Waals surface area contributed by atoms with Crippen LogP contribution < -0.4 is 27.9 Å². The fourth-order valence-electron chi connectivity index (χ4n) is 4.64. The highest BCUT2D eigenvalue weighted by Crippen LogP contribution is 2.41. The van der Waals surface area contributed by atoms with Crippen molar-refractivity contribution in [2.75, 3.05) is 43.5 Å². The molecule has 0 spiro atoms. The van der Waals surface area contributed by atoms with E-state index in [2.05, 4.69) is 20.9 Å². The highest BCUT2D eigenvalue weighted by Gasteiger charge is 2.54. The molecule has 2 atom stereocenters. The van der Waals surface area contributed by atoms with Crippen LogP contribution in [-0.4, -0.2) is 97.6 Å². The van der Waals surface area contributed by atoms with E-state index in [1.165, 1.54) is 16.7 Å². The van der Waals surface area contributed by atoms with Gasteiger partial charge in [0.1, 0.15) is 35.2 Å². The number of allylic oxidation sites excluding steroid dienone is 2. The van der Waals surface area contributed by atoms with Crippen LogP contribution in [0.3, 0.4) is 0 Å². The third-order valence-electron chi connectivity index (χ3n) is 6.65. The Morgan fingerprint density at radius 1 is 1.26 bits per heavy atom. The van der Waals surface area contributed by atoms with Crippen molar-refractivity contribution < 1.29 is 24.3 Å². The van der Waals surface area contributed by atoms with Crippen LogP contribution in [0, 0.1) is 0 Å². The van der Waals surface area contributed by atoms with E-state index in [1.54, 1.807) is 17.1 Å². The van der Waals surface area contributed by atoms with E-state index < -0.39 is 29.2 Å². The summed E-state index contributed by atoms with van der Waals surface area (Å²) < 4.78 is 0. The molecule has 0 saturated carbocycles. The number of nitrogens with one attached hydrogen (secondary N) is 2. The molecule has 4 aliphatic rings. The zero-order valence-corrected chi connectivity index (χ0v) is 25.4. The highest BCUT2D eigenvalue weighted by atomic mass is 32.2. The van der Waals surface area contributed by atoms with Crippen molar-refractivity contribution >= 4 is 63.5 Å². The number of unbranched alkanes of at least 4 members (excludes halogenated alkanes) is 1. The van der Waals surface area contributed by atoms with Crippen LogP contribution in [0.1, 0.15) is 18.5 Å². The van der Waals surface area contributed by atoms with Gasteiger partial charge in [-0.2, -0.15) is 0 Å². The number of carboxylic acid groups (broad SMARTS) is 1. The van der Waals surface area contributed by atoms with Crippen molar-refractivity contribution in [3.05, 3.63) is 57.7 Å². The Balaban J connectivity index is 1.28. The number of carbonyl (C=O) groups is 3. The number of thioether (sulfide) groups is 2. The molecule has 1 aromatic rings. The number of amides is 2. The Kier molecular flexibility index (Phi) is 9.81. The van der Waals surface area contributed by atoms with Gasteiger partial charge in [-0.3, -0.25) is 19.9 Å². The molecule has 43 heavy (non-hydrogen) atoms. The number of fused-ring (bicyclic) bond motifs is 2. The van der Waals surface area contributed by atoms with Crippen LogP contribution in [0.15, 0.2) is 57.2 Å². The smallest absolute Gasteiger partial charge is 0.352 e. The second kappa shape index (κ2) is 13.7. The number of oxime groups is 1. The van der Waals surface area contributed by atoms with E-state index in [4.69, 9.17) is 22.0 Å². The number of carbonyl (C=O) groups excluding carboxylic acids is 2. The maximum Gasteiger partial charge on any atom is 0.352 e. The van der Waals surface area contributed by atoms with Crippen LogP contribution in [0.4, 0.5) is 5.13 Å². The number of carboxylic acids is 1. The van der Waals surface area contributed by atoms with Crippen LogP contribution in [0.25, 0.3) is 0 Å². The largest absolute Gasteiger partial charge is 0.477 e. The molecule has 0 bridgehead atoms. The summed E-state index contributed by atoms with van der Waals surface area (Å²) in [5, 5.41) is 20.8. The lowest BCUT2D eigenvalue weighted by Crippen LogP contribution is -2.71. The average molecular weight is 649 g/mol. The number of nitrogens with zero attached hydrogens (tertiary/aromatic N) is 5. The summed E-state index contributed by atoms with van der Waals surface area (Å²) in [6.45, 7) is 1.59. The number of thiazole rings is 1. The van der Waals surface area contributed by atoms with Crippen molar-refractivity contribution in [2.45, 2.75) is 24.3 Å². The number of anilines is 1. The molecule has 0 unspecified atom stereocenters. The molecule has 2 amide bonds. The summed E-state index contributed by atoms with van der Waals surface area (Å²) in [6.07, 6.45) is 8.96. The van der Waals surface area contributed by atoms with Crippen LogP contribution in [0.5, 0.6) is 0 Å². The molecule has 15 nitrogen and oxygen atoms in total. The summed E-state index contributed by atoms with van der Waals surface area (Å²) in [4.78, 5) is 51.5. The van der Waals surface area contributed by atoms with Gasteiger partial charge in [0.05, 0.1) is 5.03 Å². The minimum atomic E-state index is -1.21. The Hall–Kier alpha value is -3.71. The van der Waals surface area contributed by atoms with Crippen LogP contribution in [0.2, 0.25) is 0 Å². The fourth-order valence-corrected chi connectivity index (χ4v) is 7.19. The first-order valence-electron chi connectivity index (χ1n) is 13.4. The lowest BCUT2D eigenvalue weighted by Gasteiger charge is -2.49. The molecule has 1 saturated heterocycles. The highest BCUT2D eigenvalue weighted by molar-refractivity contribution is 8.03. The topological polar surface area (TPSA) is 218 Å². The quantitative estimate of drug-likeness (QED) is 0.0672. The molecule has 9 N–H and O–H groups in total. The Labute approximate surface area is 259 Å². The zero-order valence-electron chi connectivity index (χ0n) is 23.0. The normalized spacial score (nSPS) is 21.1. The number of β-lactam (4-membered cyclic amide) rings is 1. The van der Waals surface area contributed by atoms with Crippen molar-refractivity contribution in [3.8, 4) is 0 Å². The van der Waals surface area contributed by atoms with Gasteiger partial charge < -0.3 is 37.4 Å². The van der Waals surface area contributed by atoms with E-state index in [-0.39, 0.29) is 35.4 Å². The molecule has 18 heteroatoms. The molecule has 0 aromatic carbocycles. The number of hydrogen-bond donors (Lipinski definition) is 6. The maximum atomic E-state index is 13.3. The van der Waals surface area contributed by atoms with Gasteiger partial charge in [-0.05, 0) is 37.1 Å². The second-order valence-electron chi connectivity index (χ2n) is 9.56. The molecule has 4 aliphatic heterocycles. The van der Waals surface area contributed by atoms with E-state index >= 15 is 0 Å². The Morgan fingerprint density at radius 2 is 2.09 bits per heavy atom. The number of hydrogen-bond acceptors (Lipinski definition) is 15. The SMILES string of the molecule is NCCCCO/N=C(\C(=O)N[C@@H]1C(=O)N2C(C(=O)O)=C(CN3C=CN4NC(SCCN)=CC=C34)CS[C@@H]12)c1csc(N)n1. The molecule has 0 radical (unpaired) electrons. The average Bonchev–Trinajstić information content (AvgIpc) is 3.61. The lowest BCUT2D eigenvalue weighted by atomic mass is 10.0. The van der Waals surface area contributed by atoms with E-state index in [0.717, 1.165) is 34.4 Å². The van der Waals surface area contributed by atoms with Crippen molar-refractivity contribution in [2.24, 2.45) is 16.6 Å². The molecule has 5 rings (SSSR count). The van der Waals surface area contributed by atoms with Crippen molar-refractivity contribution in [1.29, 1.82) is 0 Å². The molecule has 1 aromatic heterocycles. The van der Waals surface area contributed by atoms with Crippen molar-refractivity contribution in [3.63, 3.8) is 0 Å². The van der Waals surface area contributed by atoms with Gasteiger partial charge in [0.15, 0.2) is 10.8 Å². The number of nitrogen functional groups attached to an aromatic ring is 1. The molecular formula is C25H32N10O5S3. The maximum absolute atomic E-state index is 13.3. The van der Waals surface area contributed by atoms with Gasteiger partial charge in [-0.25, -0.2) is 14.8 Å². The first kappa shape index (κ1) is 30.7. The van der Waals surface area contributed by atoms with E-state index in [9.17, 15) is 19.5 Å². The summed E-state index contributed by atoms with van der Waals surface area (Å²) in [5.74, 6) is -0.455. The summed E-state index contributed by atoms with van der Waals surface area (Å²) in [7, 11) is 0. The van der Waals surface area contributed by atoms with Gasteiger partial charge in [-0.1, -0.05) is 5.16 Å². The third-order valence-corrected chi connectivity index (χ3v) is 9.64. The summed E-state index contributed by atoms with van der Waals surface area (Å²) >= 11 is 4.12. The van der Waals surface area contributed by atoms with Gasteiger partial charge in [0.25, 0.3) is 11.8 Å². The predicted octanol–water partition coefficient (Wildman–Crippen LogP) is -0.0948. The Morgan fingerprint density at radius 3 is 2.81 bits per heavy atom. The van der Waals surface area contributed by atoms with Gasteiger partial charge >= 0.3 is 5.97 Å². The third kappa shape index (κ3) is 6.62. The zero-order chi connectivity index (χ0) is 30.5. The van der Waals surface area contributed by atoms with Gasteiger partial charge in [0.2, 0.25) is 0 Å². The number of rotatable bonds is 14. The van der Waals surface area contributed by atoms with E-state index in [0.29, 0.717) is 30.8 Å². The van der Waals surface area contributed by atoms with Gasteiger partial charge in [0, 0.05) is 42.4 Å². The van der Waals surface area contributed by atoms with E-state index in [1.807, 2.05) is 34.5 Å². The summed E-state index contributed by atoms with van der Waals surface area (Å²) in [5.41, 5.74) is 20.7. The number of aliphatic carboxylic acids is 1.